The van der Waals surface area contributed by atoms with Crippen LogP contribution in [0.1, 0.15) is 13.8 Å². The van der Waals surface area contributed by atoms with Gasteiger partial charge in [-0.25, -0.2) is 4.62 Å². The Labute approximate surface area is 61.3 Å². The maximum Gasteiger partial charge on any atom is 0.341 e. The average molecular weight is 167 g/mol. The largest absolute Gasteiger partial charge is 0.341 e. The summed E-state index contributed by atoms with van der Waals surface area (Å²) in [6.07, 6.45) is 0. The molecule has 10 heavy (non-hydrogen) atoms. The van der Waals surface area contributed by atoms with Crippen LogP contribution >= 0.6 is 7.60 Å². The monoisotopic (exact) mass is 167 g/mol. The van der Waals surface area contributed by atoms with Crippen molar-refractivity contribution < 1.29 is 14.1 Å². The van der Waals surface area contributed by atoms with E-state index in [4.69, 9.17) is 4.89 Å². The summed E-state index contributed by atoms with van der Waals surface area (Å²) < 4.78 is 15.3. The number of hydrogen-bond acceptors (Lipinski definition) is 3. The predicted molar refractivity (Wildman–Crippen MR) is 39.8 cm³/mol. The molecule has 0 aromatic rings. The minimum atomic E-state index is -3.33. The minimum Gasteiger partial charge on any atom is -0.324 e. The first-order valence-corrected chi connectivity index (χ1v) is 5.27. The molecule has 0 amide bonds. The predicted octanol–water partition coefficient (Wildman–Crippen LogP) is 1.07. The van der Waals surface area contributed by atoms with Crippen molar-refractivity contribution in [2.24, 2.45) is 0 Å². The summed E-state index contributed by atoms with van der Waals surface area (Å²) in [5, 5.41) is 1.45. The molecule has 0 aromatic heterocycles. The molecule has 0 saturated carbocycles. The first kappa shape index (κ1) is 10.1. The van der Waals surface area contributed by atoms with Gasteiger partial charge in [0.25, 0.3) is 0 Å². The Hall–Kier alpha value is 0.110. The van der Waals surface area contributed by atoms with Crippen molar-refractivity contribution in [3.63, 3.8) is 0 Å². The van der Waals surface area contributed by atoms with Gasteiger partial charge in [0.2, 0.25) is 0 Å². The van der Waals surface area contributed by atoms with Crippen molar-refractivity contribution in [1.29, 1.82) is 0 Å². The maximum absolute atomic E-state index is 10.6. The zero-order chi connectivity index (χ0) is 8.20. The highest BCUT2D eigenvalue weighted by Crippen LogP contribution is 2.37. The molecule has 0 fully saturated rings. The fourth-order valence-corrected chi connectivity index (χ4v) is 1.21. The van der Waals surface area contributed by atoms with Gasteiger partial charge in [0.05, 0.1) is 0 Å². The highest BCUT2D eigenvalue weighted by molar-refractivity contribution is 7.51. The highest BCUT2D eigenvalue weighted by Gasteiger charge is 2.14. The summed E-state index contributed by atoms with van der Waals surface area (Å²) in [6.45, 7) is 6.13. The van der Waals surface area contributed by atoms with Crippen LogP contribution < -0.4 is 0 Å². The normalized spacial score (nSPS) is 17.3. The van der Waals surface area contributed by atoms with Gasteiger partial charge < -0.3 is 4.89 Å². The van der Waals surface area contributed by atoms with Gasteiger partial charge in [-0.3, -0.25) is 4.57 Å². The molecule has 0 aliphatic heterocycles. The van der Waals surface area contributed by atoms with Gasteiger partial charge in [-0.15, -0.1) is 0 Å². The molecule has 0 saturated heterocycles. The third kappa shape index (κ3) is 4.94. The van der Waals surface area contributed by atoms with E-state index in [2.05, 4.69) is 4.62 Å². The minimum absolute atomic E-state index is 0.620. The Morgan fingerprint density at radius 2 is 1.90 bits per heavy atom. The number of rotatable bonds is 4. The van der Waals surface area contributed by atoms with Crippen molar-refractivity contribution in [2.45, 2.75) is 13.8 Å². The molecule has 0 bridgehead atoms. The van der Waals surface area contributed by atoms with Crippen molar-refractivity contribution in [1.82, 2.24) is 5.06 Å². The van der Waals surface area contributed by atoms with Gasteiger partial charge in [-0.05, 0) is 0 Å². The summed E-state index contributed by atoms with van der Waals surface area (Å²) in [7, 11) is -3.33. The van der Waals surface area contributed by atoms with E-state index in [1.165, 1.54) is 11.7 Å². The molecule has 5 heteroatoms. The topological polar surface area (TPSA) is 49.8 Å². The van der Waals surface area contributed by atoms with E-state index in [0.29, 0.717) is 13.1 Å². The quantitative estimate of drug-likeness (QED) is 0.502. The van der Waals surface area contributed by atoms with E-state index >= 15 is 0 Å². The first-order chi connectivity index (χ1) is 4.49. The summed E-state index contributed by atoms with van der Waals surface area (Å²) >= 11 is 0. The van der Waals surface area contributed by atoms with Crippen molar-refractivity contribution in [2.75, 3.05) is 19.8 Å². The molecule has 0 radical (unpaired) electrons. The van der Waals surface area contributed by atoms with Gasteiger partial charge in [0, 0.05) is 19.8 Å². The molecule has 0 aliphatic carbocycles. The van der Waals surface area contributed by atoms with Gasteiger partial charge in [0.1, 0.15) is 0 Å². The molecule has 0 spiro atoms. The second-order valence-corrected chi connectivity index (χ2v) is 3.77. The lowest BCUT2D eigenvalue weighted by atomic mass is 10.6. The molecule has 0 rings (SSSR count). The molecule has 4 nitrogen and oxygen atoms in total. The van der Waals surface area contributed by atoms with E-state index in [1.54, 1.807) is 0 Å². The molecule has 1 atom stereocenters. The van der Waals surface area contributed by atoms with Gasteiger partial charge >= 0.3 is 7.60 Å². The van der Waals surface area contributed by atoms with Crippen molar-refractivity contribution in [3.05, 3.63) is 0 Å². The van der Waals surface area contributed by atoms with Crippen LogP contribution in [0.15, 0.2) is 0 Å². The van der Waals surface area contributed by atoms with Crippen LogP contribution in [-0.2, 0) is 9.19 Å². The van der Waals surface area contributed by atoms with E-state index in [0.717, 1.165) is 0 Å². The van der Waals surface area contributed by atoms with Gasteiger partial charge in [0.15, 0.2) is 0 Å². The number of hydrogen-bond donors (Lipinski definition) is 1. The highest BCUT2D eigenvalue weighted by atomic mass is 31.2. The second-order valence-electron chi connectivity index (χ2n) is 2.00. The zero-order valence-electron chi connectivity index (χ0n) is 6.57. The molecule has 1 N–H and O–H groups in total. The van der Waals surface area contributed by atoms with E-state index in [1.807, 2.05) is 13.8 Å². The first-order valence-electron chi connectivity index (χ1n) is 3.24. The molecule has 62 valence electrons. The second kappa shape index (κ2) is 4.09. The average Bonchev–Trinajstić information content (AvgIpc) is 1.81. The van der Waals surface area contributed by atoms with Crippen LogP contribution in [0, 0.1) is 0 Å². The lowest BCUT2D eigenvalue weighted by molar-refractivity contribution is -0.0563. The number of hydroxylamine groups is 2. The van der Waals surface area contributed by atoms with Gasteiger partial charge in [-0.1, -0.05) is 13.8 Å². The molecule has 0 heterocycles. The Balaban J connectivity index is 3.75. The van der Waals surface area contributed by atoms with E-state index in [9.17, 15) is 4.57 Å². The zero-order valence-corrected chi connectivity index (χ0v) is 7.47. The Bertz CT molecular complexity index is 129. The lowest BCUT2D eigenvalue weighted by Gasteiger charge is -2.18. The molecule has 0 aromatic carbocycles. The third-order valence-corrected chi connectivity index (χ3v) is 1.51. The van der Waals surface area contributed by atoms with Crippen LogP contribution in [0.4, 0.5) is 0 Å². The maximum atomic E-state index is 10.6. The molecular formula is C5H14NO3P. The number of nitrogens with zero attached hydrogens (tertiary/aromatic N) is 1. The van der Waals surface area contributed by atoms with Gasteiger partial charge in [-0.2, -0.15) is 5.06 Å². The Morgan fingerprint density at radius 1 is 1.50 bits per heavy atom. The summed E-state index contributed by atoms with van der Waals surface area (Å²) in [4.78, 5) is 8.74. The van der Waals surface area contributed by atoms with Crippen LogP contribution in [0.25, 0.3) is 0 Å². The van der Waals surface area contributed by atoms with Crippen LogP contribution in [0.5, 0.6) is 0 Å². The standard InChI is InChI=1S/C5H14NO3P/c1-4-6(5-2)9-10(3,7)8/h4-5H2,1-3H3,(H,7,8). The van der Waals surface area contributed by atoms with E-state index in [-0.39, 0.29) is 0 Å². The summed E-state index contributed by atoms with van der Waals surface area (Å²) in [5.74, 6) is 0. The van der Waals surface area contributed by atoms with Crippen LogP contribution in [0.2, 0.25) is 0 Å². The summed E-state index contributed by atoms with van der Waals surface area (Å²) in [5.41, 5.74) is 0. The Morgan fingerprint density at radius 3 is 2.00 bits per heavy atom. The Kier molecular flexibility index (Phi) is 4.13. The molecule has 1 unspecified atom stereocenters. The third-order valence-electron chi connectivity index (χ3n) is 0.972. The van der Waals surface area contributed by atoms with Crippen molar-refractivity contribution >= 4 is 7.60 Å². The summed E-state index contributed by atoms with van der Waals surface area (Å²) in [6, 6.07) is 0. The van der Waals surface area contributed by atoms with Crippen molar-refractivity contribution in [3.8, 4) is 0 Å². The SMILES string of the molecule is CCN(CC)OP(C)(=O)O. The molecular weight excluding hydrogens is 153 g/mol. The lowest BCUT2D eigenvalue weighted by Crippen LogP contribution is -2.21. The molecule has 0 aliphatic rings. The fourth-order valence-electron chi connectivity index (χ4n) is 0.553. The van der Waals surface area contributed by atoms with E-state index < -0.39 is 7.60 Å². The van der Waals surface area contributed by atoms with Crippen LogP contribution in [0.3, 0.4) is 0 Å². The van der Waals surface area contributed by atoms with Crippen LogP contribution in [-0.4, -0.2) is 29.7 Å². The fraction of sp³-hybridized carbons (Fsp3) is 1.00. The smallest absolute Gasteiger partial charge is 0.324 e.